The molecule has 7 nitrogen and oxygen atoms in total. The molecule has 8 heteroatoms. The number of nitrogens with zero attached hydrogens (tertiary/aromatic N) is 4. The number of nitrogens with one attached hydrogen (secondary N) is 1. The highest BCUT2D eigenvalue weighted by atomic mass is 35.5. The van der Waals surface area contributed by atoms with Gasteiger partial charge >= 0.3 is 0 Å². The number of halogens is 1. The lowest BCUT2D eigenvalue weighted by Gasteiger charge is -2.14. The molecule has 0 aliphatic heterocycles. The number of pyridine rings is 1. The molecule has 0 aliphatic carbocycles. The second-order valence-electron chi connectivity index (χ2n) is 7.93. The number of H-pyrrole nitrogens is 1. The first-order valence-corrected chi connectivity index (χ1v) is 11.0. The van der Waals surface area contributed by atoms with Crippen LogP contribution in [0, 0.1) is 6.92 Å². The normalized spacial score (nSPS) is 11.3. The first kappa shape index (κ1) is 21.0. The molecule has 0 amide bonds. The summed E-state index contributed by atoms with van der Waals surface area (Å²) in [5.74, 6) is 0. The van der Waals surface area contributed by atoms with E-state index in [0.717, 1.165) is 16.9 Å². The van der Waals surface area contributed by atoms with E-state index in [1.807, 2.05) is 72.4 Å². The van der Waals surface area contributed by atoms with E-state index in [4.69, 9.17) is 11.6 Å². The third kappa shape index (κ3) is 3.91. The minimum atomic E-state index is -0.156. The predicted octanol–water partition coefficient (Wildman–Crippen LogP) is 3.93. The van der Waals surface area contributed by atoms with Gasteiger partial charge in [0, 0.05) is 35.9 Å². The summed E-state index contributed by atoms with van der Waals surface area (Å²) in [5.41, 5.74) is 3.53. The van der Waals surface area contributed by atoms with Crippen molar-refractivity contribution in [1.29, 1.82) is 0 Å². The zero-order chi connectivity index (χ0) is 22.9. The molecule has 0 saturated heterocycles. The van der Waals surface area contributed by atoms with Crippen LogP contribution >= 0.6 is 11.6 Å². The van der Waals surface area contributed by atoms with Gasteiger partial charge in [0.15, 0.2) is 0 Å². The second-order valence-corrected chi connectivity index (χ2v) is 8.36. The average Bonchev–Trinajstić information content (AvgIpc) is 3.42. The molecule has 1 N–H and O–H groups in total. The molecule has 5 aromatic rings. The van der Waals surface area contributed by atoms with Crippen LogP contribution in [0.1, 0.15) is 17.0 Å². The smallest absolute Gasteiger partial charge is 0.281 e. The maximum absolute atomic E-state index is 13.7. The molecule has 0 aliphatic rings. The highest BCUT2D eigenvalue weighted by Crippen LogP contribution is 2.20. The number of para-hydroxylation sites is 1. The summed E-state index contributed by atoms with van der Waals surface area (Å²) >= 11 is 6.05. The lowest BCUT2D eigenvalue weighted by Crippen LogP contribution is -2.24. The van der Waals surface area contributed by atoms with Gasteiger partial charge in [-0.05, 0) is 36.8 Å². The van der Waals surface area contributed by atoms with Gasteiger partial charge in [-0.25, -0.2) is 9.67 Å². The minimum absolute atomic E-state index is 0.148. The number of benzene rings is 2. The monoisotopic (exact) mass is 459 g/mol. The summed E-state index contributed by atoms with van der Waals surface area (Å²) in [6.45, 7) is 2.69. The van der Waals surface area contributed by atoms with Crippen molar-refractivity contribution in [3.8, 4) is 5.69 Å². The van der Waals surface area contributed by atoms with Gasteiger partial charge in [0.05, 0.1) is 35.2 Å². The Morgan fingerprint density at radius 1 is 1.03 bits per heavy atom. The molecule has 0 atom stereocenters. The number of aromatic amines is 1. The number of imidazole rings is 1. The van der Waals surface area contributed by atoms with Crippen LogP contribution in [0.2, 0.25) is 5.02 Å². The van der Waals surface area contributed by atoms with Crippen LogP contribution in [0.3, 0.4) is 0 Å². The number of rotatable bonds is 6. The van der Waals surface area contributed by atoms with Crippen molar-refractivity contribution in [1.82, 2.24) is 23.9 Å². The molecule has 3 aromatic heterocycles. The number of aromatic nitrogens is 5. The standard InChI is InChI=1S/C25H22ClN5O2/c1-17-24-22(13-23(32)29(17)12-11-20-14-27-16-28-20)30(15-18-7-9-19(26)10-8-18)31(25(24)33)21-5-3-2-4-6-21/h2-10,13-14,16H,11-12,15H2,1H3,(H,27,28). The third-order valence-electron chi connectivity index (χ3n) is 5.87. The summed E-state index contributed by atoms with van der Waals surface area (Å²) in [6.07, 6.45) is 4.02. The van der Waals surface area contributed by atoms with Crippen LogP contribution in [-0.2, 0) is 19.5 Å². The first-order chi connectivity index (χ1) is 16.0. The number of hydrogen-bond donors (Lipinski definition) is 1. The lowest BCUT2D eigenvalue weighted by molar-refractivity contribution is 0.611. The van der Waals surface area contributed by atoms with Crippen LogP contribution < -0.4 is 11.1 Å². The van der Waals surface area contributed by atoms with Crippen molar-refractivity contribution in [2.75, 3.05) is 0 Å². The minimum Gasteiger partial charge on any atom is -0.351 e. The quantitative estimate of drug-likeness (QED) is 0.418. The fourth-order valence-electron chi connectivity index (χ4n) is 4.22. The molecule has 0 radical (unpaired) electrons. The van der Waals surface area contributed by atoms with E-state index in [1.54, 1.807) is 21.6 Å². The Morgan fingerprint density at radius 3 is 2.48 bits per heavy atom. The van der Waals surface area contributed by atoms with Crippen molar-refractivity contribution < 1.29 is 0 Å². The second kappa shape index (κ2) is 8.60. The third-order valence-corrected chi connectivity index (χ3v) is 6.12. The fourth-order valence-corrected chi connectivity index (χ4v) is 4.35. The Bertz CT molecular complexity index is 1530. The first-order valence-electron chi connectivity index (χ1n) is 10.7. The topological polar surface area (TPSA) is 77.6 Å². The van der Waals surface area contributed by atoms with E-state index in [9.17, 15) is 9.59 Å². The van der Waals surface area contributed by atoms with Crippen LogP contribution in [0.15, 0.2) is 82.8 Å². The molecule has 2 aromatic carbocycles. The van der Waals surface area contributed by atoms with Crippen molar-refractivity contribution in [3.05, 3.63) is 116 Å². The van der Waals surface area contributed by atoms with Crippen LogP contribution in [0.4, 0.5) is 0 Å². The van der Waals surface area contributed by atoms with Gasteiger partial charge in [0.1, 0.15) is 0 Å². The van der Waals surface area contributed by atoms with Gasteiger partial charge in [0.2, 0.25) is 0 Å². The zero-order valence-corrected chi connectivity index (χ0v) is 18.8. The Labute approximate surface area is 194 Å². The fraction of sp³-hybridized carbons (Fsp3) is 0.160. The van der Waals surface area contributed by atoms with Crippen molar-refractivity contribution in [2.45, 2.75) is 26.4 Å². The maximum atomic E-state index is 13.7. The van der Waals surface area contributed by atoms with Crippen LogP contribution in [-0.4, -0.2) is 23.9 Å². The molecule has 0 unspecified atom stereocenters. The summed E-state index contributed by atoms with van der Waals surface area (Å²) in [5, 5.41) is 1.18. The van der Waals surface area contributed by atoms with Gasteiger partial charge in [-0.2, -0.15) is 0 Å². The molecule has 0 bridgehead atoms. The molecular formula is C25H22ClN5O2. The summed E-state index contributed by atoms with van der Waals surface area (Å²) in [6, 6.07) is 18.5. The van der Waals surface area contributed by atoms with E-state index in [2.05, 4.69) is 9.97 Å². The largest absolute Gasteiger partial charge is 0.351 e. The number of hydrogen-bond acceptors (Lipinski definition) is 3. The molecule has 0 saturated carbocycles. The van der Waals surface area contributed by atoms with Crippen molar-refractivity contribution in [2.24, 2.45) is 0 Å². The predicted molar refractivity (Wildman–Crippen MR) is 129 cm³/mol. The maximum Gasteiger partial charge on any atom is 0.281 e. The Hall–Kier alpha value is -3.84. The Kier molecular flexibility index (Phi) is 5.48. The van der Waals surface area contributed by atoms with Crippen LogP contribution in [0.5, 0.6) is 0 Å². The van der Waals surface area contributed by atoms with Gasteiger partial charge < -0.3 is 9.55 Å². The SMILES string of the molecule is Cc1c2c(=O)n(-c3ccccc3)n(Cc3ccc(Cl)cc3)c2cc(=O)n1CCc1c[nH]cn1. The lowest BCUT2D eigenvalue weighted by atomic mass is 10.2. The molecule has 5 rings (SSSR count). The average molecular weight is 460 g/mol. The summed E-state index contributed by atoms with van der Waals surface area (Å²) in [7, 11) is 0. The van der Waals surface area contributed by atoms with E-state index in [-0.39, 0.29) is 11.1 Å². The summed E-state index contributed by atoms with van der Waals surface area (Å²) < 4.78 is 5.16. The Morgan fingerprint density at radius 2 is 1.79 bits per heavy atom. The molecular weight excluding hydrogens is 438 g/mol. The van der Waals surface area contributed by atoms with Gasteiger partial charge in [-0.3, -0.25) is 14.3 Å². The number of fused-ring (bicyclic) bond motifs is 1. The van der Waals surface area contributed by atoms with E-state index >= 15 is 0 Å². The van der Waals surface area contributed by atoms with Crippen LogP contribution in [0.25, 0.3) is 16.6 Å². The highest BCUT2D eigenvalue weighted by Gasteiger charge is 2.20. The Balaban J connectivity index is 1.70. The molecule has 33 heavy (non-hydrogen) atoms. The van der Waals surface area contributed by atoms with Gasteiger partial charge in [0.25, 0.3) is 11.1 Å². The van der Waals surface area contributed by atoms with E-state index in [0.29, 0.717) is 41.1 Å². The molecule has 166 valence electrons. The van der Waals surface area contributed by atoms with Crippen molar-refractivity contribution in [3.63, 3.8) is 0 Å². The molecule has 0 spiro atoms. The van der Waals surface area contributed by atoms with Crippen molar-refractivity contribution >= 4 is 22.5 Å². The summed E-state index contributed by atoms with van der Waals surface area (Å²) in [4.78, 5) is 34.0. The van der Waals surface area contributed by atoms with Gasteiger partial charge in [-0.1, -0.05) is 41.9 Å². The number of aryl methyl sites for hydroxylation is 2. The van der Waals surface area contributed by atoms with Gasteiger partial charge in [-0.15, -0.1) is 0 Å². The molecule has 0 fully saturated rings. The zero-order valence-electron chi connectivity index (χ0n) is 18.0. The van der Waals surface area contributed by atoms with E-state index in [1.165, 1.54) is 0 Å². The molecule has 3 heterocycles. The van der Waals surface area contributed by atoms with E-state index < -0.39 is 0 Å². The highest BCUT2D eigenvalue weighted by molar-refractivity contribution is 6.30.